The summed E-state index contributed by atoms with van der Waals surface area (Å²) in [5, 5.41) is 24.5. The van der Waals surface area contributed by atoms with Crippen LogP contribution in [0.15, 0.2) is 48.7 Å². The largest absolute Gasteiger partial charge is 0.351 e. The maximum absolute atomic E-state index is 9.15. The van der Waals surface area contributed by atoms with E-state index < -0.39 is 0 Å². The lowest BCUT2D eigenvalue weighted by Gasteiger charge is -2.45. The van der Waals surface area contributed by atoms with E-state index in [0.717, 1.165) is 60.1 Å². The number of hydrogen-bond acceptors (Lipinski definition) is 8. The second kappa shape index (κ2) is 11.6. The molecule has 1 saturated heterocycles. The van der Waals surface area contributed by atoms with Crippen LogP contribution in [0.5, 0.6) is 0 Å². The van der Waals surface area contributed by atoms with Crippen LogP contribution in [0.4, 0.5) is 17.6 Å². The summed E-state index contributed by atoms with van der Waals surface area (Å²) < 4.78 is 0. The van der Waals surface area contributed by atoms with Gasteiger partial charge in [-0.1, -0.05) is 26.0 Å². The van der Waals surface area contributed by atoms with Crippen LogP contribution in [0.2, 0.25) is 0 Å². The number of aromatic nitrogens is 5. The highest BCUT2D eigenvalue weighted by Crippen LogP contribution is 2.32. The molecule has 2 atom stereocenters. The molecule has 3 aromatic heterocycles. The van der Waals surface area contributed by atoms with Crippen LogP contribution in [-0.4, -0.2) is 54.7 Å². The number of nitrogens with zero attached hydrogens (tertiary/aromatic N) is 6. The van der Waals surface area contributed by atoms with Crippen LogP contribution in [0.25, 0.3) is 22.2 Å². The monoisotopic (exact) mass is 509 g/mol. The van der Waals surface area contributed by atoms with Gasteiger partial charge in [0.15, 0.2) is 5.82 Å². The predicted molar refractivity (Wildman–Crippen MR) is 151 cm³/mol. The molecule has 1 aliphatic rings. The van der Waals surface area contributed by atoms with E-state index in [4.69, 9.17) is 15.2 Å². The molecule has 9 heteroatoms. The molecular formula is C29H35N9. The van der Waals surface area contributed by atoms with Crippen LogP contribution < -0.4 is 10.6 Å². The summed E-state index contributed by atoms with van der Waals surface area (Å²) in [5.74, 6) is 2.03. The zero-order chi connectivity index (χ0) is 26.5. The number of benzene rings is 1. The number of likely N-dealkylation sites (tertiary alicyclic amines) is 1. The molecule has 2 unspecified atom stereocenters. The van der Waals surface area contributed by atoms with E-state index in [-0.39, 0.29) is 6.04 Å². The molecule has 0 radical (unpaired) electrons. The minimum absolute atomic E-state index is 0.250. The average molecular weight is 510 g/mol. The van der Waals surface area contributed by atoms with Crippen LogP contribution >= 0.6 is 0 Å². The maximum Gasteiger partial charge on any atom is 0.225 e. The van der Waals surface area contributed by atoms with Crippen molar-refractivity contribution in [2.45, 2.75) is 71.0 Å². The SMILES string of the molecule is CCC1CC(Nc2nc(Nc3cc(C)[nH]n3)c3ccc(-c4ccccn4)cc3n2)CC(CC)N1CCC#N. The number of aryl methyl sites for hydroxylation is 1. The van der Waals surface area contributed by atoms with Gasteiger partial charge in [-0.15, -0.1) is 0 Å². The third kappa shape index (κ3) is 5.60. The number of aromatic amines is 1. The summed E-state index contributed by atoms with van der Waals surface area (Å²) in [5.41, 5.74) is 3.72. The molecule has 4 heterocycles. The number of pyridine rings is 1. The van der Waals surface area contributed by atoms with Gasteiger partial charge in [-0.05, 0) is 56.9 Å². The molecule has 1 aromatic carbocycles. The fourth-order valence-corrected chi connectivity index (χ4v) is 5.55. The molecule has 3 N–H and O–H groups in total. The summed E-state index contributed by atoms with van der Waals surface area (Å²) >= 11 is 0. The van der Waals surface area contributed by atoms with Crippen LogP contribution in [0, 0.1) is 18.3 Å². The molecule has 0 spiro atoms. The van der Waals surface area contributed by atoms with Crippen molar-refractivity contribution in [3.05, 3.63) is 54.4 Å². The van der Waals surface area contributed by atoms with Crippen LogP contribution in [0.1, 0.15) is 51.6 Å². The fraction of sp³-hybridized carbons (Fsp3) is 0.414. The van der Waals surface area contributed by atoms with E-state index in [2.05, 4.69) is 62.8 Å². The third-order valence-electron chi connectivity index (χ3n) is 7.42. The first kappa shape index (κ1) is 25.6. The molecule has 1 aliphatic heterocycles. The highest BCUT2D eigenvalue weighted by Gasteiger charge is 2.34. The van der Waals surface area contributed by atoms with Gasteiger partial charge in [0.25, 0.3) is 0 Å². The Morgan fingerprint density at radius 2 is 1.89 bits per heavy atom. The first-order chi connectivity index (χ1) is 18.6. The number of rotatable bonds is 9. The molecule has 1 fully saturated rings. The second-order valence-electron chi connectivity index (χ2n) is 9.99. The van der Waals surface area contributed by atoms with Crippen molar-refractivity contribution in [3.63, 3.8) is 0 Å². The Hall–Kier alpha value is -4.03. The third-order valence-corrected chi connectivity index (χ3v) is 7.42. The van der Waals surface area contributed by atoms with Gasteiger partial charge in [0.05, 0.1) is 17.3 Å². The summed E-state index contributed by atoms with van der Waals surface area (Å²) in [6.45, 7) is 7.28. The van der Waals surface area contributed by atoms with E-state index in [0.29, 0.717) is 36.1 Å². The highest BCUT2D eigenvalue weighted by molar-refractivity contribution is 5.94. The normalized spacial score (nSPS) is 19.8. The number of hydrogen-bond donors (Lipinski definition) is 3. The van der Waals surface area contributed by atoms with Gasteiger partial charge in [-0.2, -0.15) is 15.3 Å². The van der Waals surface area contributed by atoms with E-state index in [9.17, 15) is 0 Å². The van der Waals surface area contributed by atoms with Crippen molar-refractivity contribution >= 4 is 28.5 Å². The van der Waals surface area contributed by atoms with Gasteiger partial charge >= 0.3 is 0 Å². The summed E-state index contributed by atoms with van der Waals surface area (Å²) in [7, 11) is 0. The number of H-pyrrole nitrogens is 1. The lowest BCUT2D eigenvalue weighted by atomic mass is 9.88. The Kier molecular flexibility index (Phi) is 7.80. The molecule has 0 bridgehead atoms. The Labute approximate surface area is 223 Å². The molecule has 0 aliphatic carbocycles. The standard InChI is InChI=1S/C29H35N9/c1-4-22-17-21(18-23(5-2)38(22)14-8-12-30)32-29-33-26-16-20(25-9-6-7-13-31-25)10-11-24(26)28(35-29)34-27-15-19(3)36-37-27/h6-7,9-11,13,15-16,21-23H,4-5,8,14,17-18H2,1-3H3,(H3,32,33,34,35,36,37). The number of piperidine rings is 1. The lowest BCUT2D eigenvalue weighted by molar-refractivity contribution is 0.0734. The maximum atomic E-state index is 9.15. The highest BCUT2D eigenvalue weighted by atomic mass is 15.2. The predicted octanol–water partition coefficient (Wildman–Crippen LogP) is 5.81. The zero-order valence-electron chi connectivity index (χ0n) is 22.3. The molecule has 9 nitrogen and oxygen atoms in total. The average Bonchev–Trinajstić information content (AvgIpc) is 3.36. The molecule has 4 aromatic rings. The van der Waals surface area contributed by atoms with E-state index in [1.807, 2.05) is 37.3 Å². The van der Waals surface area contributed by atoms with Gasteiger partial charge in [0.1, 0.15) is 5.82 Å². The lowest BCUT2D eigenvalue weighted by Crippen LogP contribution is -2.52. The topological polar surface area (TPSA) is 118 Å². The molecule has 0 amide bonds. The fourth-order valence-electron chi connectivity index (χ4n) is 5.55. The number of nitrogens with one attached hydrogen (secondary N) is 3. The minimum atomic E-state index is 0.250. The molecular weight excluding hydrogens is 474 g/mol. The zero-order valence-corrected chi connectivity index (χ0v) is 22.3. The number of fused-ring (bicyclic) bond motifs is 1. The first-order valence-electron chi connectivity index (χ1n) is 13.5. The van der Waals surface area contributed by atoms with Crippen molar-refractivity contribution < 1.29 is 0 Å². The van der Waals surface area contributed by atoms with E-state index in [1.54, 1.807) is 6.20 Å². The van der Waals surface area contributed by atoms with Gasteiger partial charge in [-0.3, -0.25) is 15.0 Å². The summed E-state index contributed by atoms with van der Waals surface area (Å²) in [6, 6.07) is 17.5. The Morgan fingerprint density at radius 1 is 1.08 bits per heavy atom. The second-order valence-corrected chi connectivity index (χ2v) is 9.99. The molecule has 38 heavy (non-hydrogen) atoms. The quantitative estimate of drug-likeness (QED) is 0.258. The van der Waals surface area contributed by atoms with E-state index >= 15 is 0 Å². The van der Waals surface area contributed by atoms with Crippen LogP contribution in [0.3, 0.4) is 0 Å². The van der Waals surface area contributed by atoms with Gasteiger partial charge in [0.2, 0.25) is 5.95 Å². The minimum Gasteiger partial charge on any atom is -0.351 e. The van der Waals surface area contributed by atoms with Crippen molar-refractivity contribution in [1.82, 2.24) is 30.0 Å². The van der Waals surface area contributed by atoms with Gasteiger partial charge in [0, 0.05) is 60.0 Å². The van der Waals surface area contributed by atoms with Crippen molar-refractivity contribution in [1.29, 1.82) is 5.26 Å². The van der Waals surface area contributed by atoms with Gasteiger partial charge in [-0.25, -0.2) is 4.98 Å². The number of anilines is 3. The van der Waals surface area contributed by atoms with Crippen molar-refractivity contribution in [2.24, 2.45) is 0 Å². The number of nitriles is 1. The van der Waals surface area contributed by atoms with Crippen molar-refractivity contribution in [2.75, 3.05) is 17.2 Å². The smallest absolute Gasteiger partial charge is 0.225 e. The summed E-state index contributed by atoms with van der Waals surface area (Å²) in [4.78, 5) is 16.9. The van der Waals surface area contributed by atoms with Crippen LogP contribution in [-0.2, 0) is 0 Å². The molecule has 196 valence electrons. The molecule has 0 saturated carbocycles. The Balaban J connectivity index is 1.48. The van der Waals surface area contributed by atoms with E-state index in [1.165, 1.54) is 0 Å². The Morgan fingerprint density at radius 3 is 2.55 bits per heavy atom. The van der Waals surface area contributed by atoms with Gasteiger partial charge < -0.3 is 10.6 Å². The summed E-state index contributed by atoms with van der Waals surface area (Å²) in [6.07, 6.45) is 6.47. The van der Waals surface area contributed by atoms with Crippen molar-refractivity contribution in [3.8, 4) is 17.3 Å². The first-order valence-corrected chi connectivity index (χ1v) is 13.5. The molecule has 5 rings (SSSR count). The Bertz CT molecular complexity index is 1390.